The Hall–Kier alpha value is -2.91. The first-order valence-corrected chi connectivity index (χ1v) is 10.4. The largest absolute Gasteiger partial charge is 0.495 e. The number of methoxy groups -OCH3 is 1. The number of benzene rings is 1. The van der Waals surface area contributed by atoms with Gasteiger partial charge in [0, 0.05) is 17.8 Å². The van der Waals surface area contributed by atoms with Crippen LogP contribution in [-0.4, -0.2) is 35.5 Å². The van der Waals surface area contributed by atoms with Gasteiger partial charge in [-0.3, -0.25) is 10.1 Å². The van der Waals surface area contributed by atoms with Crippen LogP contribution in [0.1, 0.15) is 20.2 Å². The average molecular weight is 415 g/mol. The Balaban J connectivity index is 1.42. The van der Waals surface area contributed by atoms with E-state index in [9.17, 15) is 9.59 Å². The van der Waals surface area contributed by atoms with Crippen molar-refractivity contribution in [2.75, 3.05) is 24.3 Å². The number of hydrogen-bond acceptors (Lipinski definition) is 6. The molecule has 0 aliphatic carbocycles. The number of anilines is 2. The topological polar surface area (TPSA) is 83.6 Å². The van der Waals surface area contributed by atoms with Gasteiger partial charge in [0.05, 0.1) is 29.9 Å². The van der Waals surface area contributed by atoms with E-state index in [2.05, 4.69) is 15.6 Å². The Morgan fingerprint density at radius 1 is 1.18 bits per heavy atom. The lowest BCUT2D eigenvalue weighted by atomic mass is 10.2. The van der Waals surface area contributed by atoms with Crippen molar-refractivity contribution in [3.63, 3.8) is 0 Å². The molecule has 1 aliphatic heterocycles. The van der Waals surface area contributed by atoms with Crippen molar-refractivity contribution in [2.45, 2.75) is 13.0 Å². The maximum absolute atomic E-state index is 12.7. The number of rotatable bonds is 4. The number of aromatic nitrogens is 1. The molecule has 0 fully saturated rings. The molecule has 28 heavy (non-hydrogen) atoms. The summed E-state index contributed by atoms with van der Waals surface area (Å²) in [4.78, 5) is 32.8. The predicted molar refractivity (Wildman–Crippen MR) is 111 cm³/mol. The number of urea groups is 1. The minimum atomic E-state index is -0.187. The standard InChI is InChI=1S/C19H18N4O3S2/c1-26-14-6-3-2-5-12(14)21-19(25)23-9-8-13-16(11-23)28-18(20-13)22-17(24)15-7-4-10-27-15/h2-7,10H,8-9,11H2,1H3,(H,21,25)(H,20,22,24). The van der Waals surface area contributed by atoms with Crippen LogP contribution < -0.4 is 15.4 Å². The number of ether oxygens (including phenoxy) is 1. The summed E-state index contributed by atoms with van der Waals surface area (Å²) in [5.41, 5.74) is 1.57. The summed E-state index contributed by atoms with van der Waals surface area (Å²) in [6.07, 6.45) is 0.653. The molecule has 144 valence electrons. The molecule has 0 unspecified atom stereocenters. The summed E-state index contributed by atoms with van der Waals surface area (Å²) in [6, 6.07) is 10.7. The van der Waals surface area contributed by atoms with Crippen molar-refractivity contribution in [1.82, 2.24) is 9.88 Å². The molecule has 3 heterocycles. The van der Waals surface area contributed by atoms with E-state index in [0.29, 0.717) is 41.0 Å². The number of hydrogen-bond donors (Lipinski definition) is 2. The molecular formula is C19H18N4O3S2. The van der Waals surface area contributed by atoms with Crippen LogP contribution in [0.2, 0.25) is 0 Å². The lowest BCUT2D eigenvalue weighted by molar-refractivity contribution is 0.103. The summed E-state index contributed by atoms with van der Waals surface area (Å²) >= 11 is 2.80. The molecule has 2 N–H and O–H groups in total. The van der Waals surface area contributed by atoms with Crippen LogP contribution in [0.4, 0.5) is 15.6 Å². The van der Waals surface area contributed by atoms with E-state index in [-0.39, 0.29) is 11.9 Å². The van der Waals surface area contributed by atoms with Gasteiger partial charge in [-0.15, -0.1) is 11.3 Å². The summed E-state index contributed by atoms with van der Waals surface area (Å²) < 4.78 is 5.28. The summed E-state index contributed by atoms with van der Waals surface area (Å²) in [6.45, 7) is 1.03. The highest BCUT2D eigenvalue weighted by Gasteiger charge is 2.25. The third-order valence-electron chi connectivity index (χ3n) is 4.33. The van der Waals surface area contributed by atoms with E-state index in [1.54, 1.807) is 30.2 Å². The molecule has 4 rings (SSSR count). The molecule has 0 saturated heterocycles. The molecule has 1 aromatic carbocycles. The number of nitrogens with zero attached hydrogens (tertiary/aromatic N) is 2. The lowest BCUT2D eigenvalue weighted by Gasteiger charge is -2.26. The van der Waals surface area contributed by atoms with Crippen LogP contribution in [-0.2, 0) is 13.0 Å². The smallest absolute Gasteiger partial charge is 0.322 e. The van der Waals surface area contributed by atoms with Crippen LogP contribution in [0.25, 0.3) is 0 Å². The molecule has 1 aliphatic rings. The molecule has 0 atom stereocenters. The molecule has 0 saturated carbocycles. The van der Waals surface area contributed by atoms with Crippen LogP contribution in [0.3, 0.4) is 0 Å². The Kier molecular flexibility index (Phi) is 5.27. The highest BCUT2D eigenvalue weighted by atomic mass is 32.1. The number of carbonyl (C=O) groups is 2. The van der Waals surface area contributed by atoms with Gasteiger partial charge < -0.3 is 15.0 Å². The Morgan fingerprint density at radius 3 is 2.82 bits per heavy atom. The van der Waals surface area contributed by atoms with Gasteiger partial charge in [-0.25, -0.2) is 9.78 Å². The van der Waals surface area contributed by atoms with E-state index in [1.807, 2.05) is 23.6 Å². The highest BCUT2D eigenvalue weighted by Crippen LogP contribution is 2.30. The van der Waals surface area contributed by atoms with E-state index in [1.165, 1.54) is 22.7 Å². The zero-order valence-electron chi connectivity index (χ0n) is 15.1. The van der Waals surface area contributed by atoms with Crippen molar-refractivity contribution in [3.05, 3.63) is 57.2 Å². The van der Waals surface area contributed by atoms with Gasteiger partial charge in [-0.05, 0) is 23.6 Å². The van der Waals surface area contributed by atoms with Crippen molar-refractivity contribution >= 4 is 45.4 Å². The molecular weight excluding hydrogens is 396 g/mol. The third-order valence-corrected chi connectivity index (χ3v) is 6.20. The number of fused-ring (bicyclic) bond motifs is 1. The Morgan fingerprint density at radius 2 is 2.04 bits per heavy atom. The Labute approximate surface area is 170 Å². The fourth-order valence-electron chi connectivity index (χ4n) is 2.93. The maximum Gasteiger partial charge on any atom is 0.322 e. The van der Waals surface area contributed by atoms with Crippen LogP contribution in [0, 0.1) is 0 Å². The van der Waals surface area contributed by atoms with Crippen molar-refractivity contribution < 1.29 is 14.3 Å². The van der Waals surface area contributed by atoms with E-state index < -0.39 is 0 Å². The Bertz CT molecular complexity index is 1000. The first-order chi connectivity index (χ1) is 13.6. The van der Waals surface area contributed by atoms with Gasteiger partial charge >= 0.3 is 6.03 Å². The van der Waals surface area contributed by atoms with Gasteiger partial charge in [-0.1, -0.05) is 29.5 Å². The number of thiazole rings is 1. The van der Waals surface area contributed by atoms with Crippen molar-refractivity contribution in [2.24, 2.45) is 0 Å². The van der Waals surface area contributed by atoms with Gasteiger partial charge in [0.25, 0.3) is 5.91 Å². The average Bonchev–Trinajstić information content (AvgIpc) is 3.37. The fraction of sp³-hybridized carbons (Fsp3) is 0.211. The SMILES string of the molecule is COc1ccccc1NC(=O)N1CCc2nc(NC(=O)c3cccs3)sc2C1. The van der Waals surface area contributed by atoms with E-state index >= 15 is 0 Å². The molecule has 7 nitrogen and oxygen atoms in total. The van der Waals surface area contributed by atoms with Gasteiger partial charge in [0.1, 0.15) is 5.75 Å². The number of carbonyl (C=O) groups excluding carboxylic acids is 2. The molecule has 3 aromatic rings. The van der Waals surface area contributed by atoms with Gasteiger partial charge in [-0.2, -0.15) is 0 Å². The maximum atomic E-state index is 12.7. The normalized spacial score (nSPS) is 13.0. The minimum Gasteiger partial charge on any atom is -0.495 e. The second kappa shape index (κ2) is 7.99. The molecule has 3 amide bonds. The monoisotopic (exact) mass is 414 g/mol. The van der Waals surface area contributed by atoms with Crippen LogP contribution in [0.5, 0.6) is 5.75 Å². The zero-order valence-corrected chi connectivity index (χ0v) is 16.7. The molecule has 0 spiro atoms. The molecule has 9 heteroatoms. The second-order valence-corrected chi connectivity index (χ2v) is 8.15. The first-order valence-electron chi connectivity index (χ1n) is 8.66. The summed E-state index contributed by atoms with van der Waals surface area (Å²) in [5.74, 6) is 0.455. The quantitative estimate of drug-likeness (QED) is 0.674. The van der Waals surface area contributed by atoms with E-state index in [4.69, 9.17) is 4.74 Å². The highest BCUT2D eigenvalue weighted by molar-refractivity contribution is 7.16. The fourth-order valence-corrected chi connectivity index (χ4v) is 4.57. The summed E-state index contributed by atoms with van der Waals surface area (Å²) in [5, 5.41) is 8.17. The summed E-state index contributed by atoms with van der Waals surface area (Å²) in [7, 11) is 1.57. The predicted octanol–water partition coefficient (Wildman–Crippen LogP) is 4.06. The number of amides is 3. The minimum absolute atomic E-state index is 0.160. The first kappa shape index (κ1) is 18.5. The second-order valence-electron chi connectivity index (χ2n) is 6.12. The molecule has 2 aromatic heterocycles. The number of thiophene rings is 1. The van der Waals surface area contributed by atoms with Crippen LogP contribution in [0.15, 0.2) is 41.8 Å². The van der Waals surface area contributed by atoms with Crippen molar-refractivity contribution in [3.8, 4) is 5.75 Å². The lowest BCUT2D eigenvalue weighted by Crippen LogP contribution is -2.38. The van der Waals surface area contributed by atoms with Crippen molar-refractivity contribution in [1.29, 1.82) is 0 Å². The number of para-hydroxylation sites is 2. The third kappa shape index (κ3) is 3.85. The van der Waals surface area contributed by atoms with Gasteiger partial charge in [0.2, 0.25) is 0 Å². The van der Waals surface area contributed by atoms with Crippen LogP contribution >= 0.6 is 22.7 Å². The zero-order chi connectivity index (χ0) is 19.5. The van der Waals surface area contributed by atoms with E-state index in [0.717, 1.165) is 10.6 Å². The number of nitrogens with one attached hydrogen (secondary N) is 2. The molecule has 0 bridgehead atoms. The molecule has 0 radical (unpaired) electrons. The van der Waals surface area contributed by atoms with Gasteiger partial charge in [0.15, 0.2) is 5.13 Å².